The second kappa shape index (κ2) is 6.01. The first kappa shape index (κ1) is 14.8. The molecule has 0 amide bonds. The topological polar surface area (TPSA) is 71.2 Å². The molecule has 0 spiro atoms. The van der Waals surface area contributed by atoms with Crippen LogP contribution in [-0.2, 0) is 0 Å². The van der Waals surface area contributed by atoms with Crippen molar-refractivity contribution in [3.63, 3.8) is 0 Å². The van der Waals surface area contributed by atoms with Gasteiger partial charge in [-0.3, -0.25) is 4.98 Å². The molecule has 4 heterocycles. The lowest BCUT2D eigenvalue weighted by Gasteiger charge is -2.11. The Morgan fingerprint density at radius 2 is 2.04 bits per heavy atom. The van der Waals surface area contributed by atoms with Crippen LogP contribution < -0.4 is 5.32 Å². The summed E-state index contributed by atoms with van der Waals surface area (Å²) < 4.78 is 1.80. The molecule has 0 aromatic carbocycles. The first-order valence-corrected chi connectivity index (χ1v) is 7.98. The van der Waals surface area contributed by atoms with E-state index in [0.717, 1.165) is 52.7 Å². The molecule has 1 N–H and O–H groups in total. The lowest BCUT2D eigenvalue weighted by atomic mass is 10.1. The average molecular weight is 321 g/mol. The number of rotatable bonds is 5. The number of pyridine rings is 2. The third-order valence-corrected chi connectivity index (χ3v) is 4.04. The highest BCUT2D eigenvalue weighted by atomic mass is 15.2. The van der Waals surface area contributed by atoms with Crippen molar-refractivity contribution in [3.8, 4) is 0 Å². The third kappa shape index (κ3) is 2.52. The molecule has 24 heavy (non-hydrogen) atoms. The van der Waals surface area contributed by atoms with Crippen molar-refractivity contribution in [2.75, 3.05) is 32.5 Å². The lowest BCUT2D eigenvalue weighted by Crippen LogP contribution is -2.16. The van der Waals surface area contributed by atoms with E-state index in [1.807, 2.05) is 12.1 Å². The van der Waals surface area contributed by atoms with Crippen molar-refractivity contribution < 1.29 is 0 Å². The summed E-state index contributed by atoms with van der Waals surface area (Å²) in [6.45, 7) is 1.89. The molecule has 0 fully saturated rings. The highest BCUT2D eigenvalue weighted by molar-refractivity contribution is 6.13. The lowest BCUT2D eigenvalue weighted by molar-refractivity contribution is 0.405. The van der Waals surface area contributed by atoms with Crippen LogP contribution in [0, 0.1) is 0 Å². The molecule has 4 aromatic rings. The zero-order valence-corrected chi connectivity index (χ0v) is 13.8. The summed E-state index contributed by atoms with van der Waals surface area (Å²) in [5.41, 5.74) is 2.77. The van der Waals surface area contributed by atoms with Crippen molar-refractivity contribution in [1.82, 2.24) is 29.5 Å². The summed E-state index contributed by atoms with van der Waals surface area (Å²) in [6.07, 6.45) is 8.10. The molecule has 7 heteroatoms. The summed E-state index contributed by atoms with van der Waals surface area (Å²) in [5, 5.41) is 10.2. The van der Waals surface area contributed by atoms with Crippen LogP contribution in [0.15, 0.2) is 37.1 Å². The summed E-state index contributed by atoms with van der Waals surface area (Å²) >= 11 is 0. The minimum absolute atomic E-state index is 0.844. The molecule has 0 saturated heterocycles. The van der Waals surface area contributed by atoms with Crippen LogP contribution in [0.4, 0.5) is 5.82 Å². The van der Waals surface area contributed by atoms with E-state index in [1.54, 1.807) is 29.4 Å². The molecule has 0 radical (unpaired) electrons. The number of anilines is 1. The molecule has 7 nitrogen and oxygen atoms in total. The maximum Gasteiger partial charge on any atom is 0.138 e. The Bertz CT molecular complexity index is 1010. The second-order valence-corrected chi connectivity index (χ2v) is 6.07. The molecule has 0 atom stereocenters. The van der Waals surface area contributed by atoms with Gasteiger partial charge in [0.25, 0.3) is 0 Å². The van der Waals surface area contributed by atoms with E-state index in [-0.39, 0.29) is 0 Å². The quantitative estimate of drug-likeness (QED) is 0.568. The van der Waals surface area contributed by atoms with Gasteiger partial charge in [0.05, 0.1) is 22.6 Å². The van der Waals surface area contributed by atoms with Crippen LogP contribution in [0.5, 0.6) is 0 Å². The van der Waals surface area contributed by atoms with Crippen LogP contribution in [0.2, 0.25) is 0 Å². The van der Waals surface area contributed by atoms with Crippen LogP contribution in [0.25, 0.3) is 27.3 Å². The Balaban J connectivity index is 1.86. The number of nitrogens with one attached hydrogen (secondary N) is 1. The fraction of sp³-hybridized carbons (Fsp3) is 0.294. The van der Waals surface area contributed by atoms with Crippen LogP contribution in [0.1, 0.15) is 6.42 Å². The van der Waals surface area contributed by atoms with E-state index >= 15 is 0 Å². The Hall–Kier alpha value is -2.80. The van der Waals surface area contributed by atoms with Gasteiger partial charge in [-0.2, -0.15) is 5.10 Å². The van der Waals surface area contributed by atoms with E-state index < -0.39 is 0 Å². The molecule has 0 unspecified atom stereocenters. The second-order valence-electron chi connectivity index (χ2n) is 6.07. The highest BCUT2D eigenvalue weighted by Gasteiger charge is 2.15. The van der Waals surface area contributed by atoms with Gasteiger partial charge >= 0.3 is 0 Å². The molecule has 0 aliphatic carbocycles. The minimum Gasteiger partial charge on any atom is -0.369 e. The molecule has 122 valence electrons. The van der Waals surface area contributed by atoms with Gasteiger partial charge in [0.15, 0.2) is 0 Å². The van der Waals surface area contributed by atoms with Crippen LogP contribution in [-0.4, -0.2) is 56.7 Å². The van der Waals surface area contributed by atoms with E-state index in [1.165, 1.54) is 0 Å². The van der Waals surface area contributed by atoms with Gasteiger partial charge in [-0.25, -0.2) is 14.5 Å². The predicted molar refractivity (Wildman–Crippen MR) is 95.2 cm³/mol. The predicted octanol–water partition coefficient (Wildman–Crippen LogP) is 2.19. The Labute approximate surface area is 139 Å². The number of hydrogen-bond acceptors (Lipinski definition) is 6. The van der Waals surface area contributed by atoms with E-state index in [4.69, 9.17) is 10.1 Å². The fourth-order valence-corrected chi connectivity index (χ4v) is 2.91. The number of hydrogen-bond donors (Lipinski definition) is 1. The molecular weight excluding hydrogens is 302 g/mol. The summed E-state index contributed by atoms with van der Waals surface area (Å²) in [6, 6.07) is 3.93. The molecule has 4 rings (SSSR count). The highest BCUT2D eigenvalue weighted by Crippen LogP contribution is 2.31. The molecule has 0 bridgehead atoms. The maximum atomic E-state index is 4.78. The zero-order chi connectivity index (χ0) is 16.5. The average Bonchev–Trinajstić information content (AvgIpc) is 2.98. The smallest absolute Gasteiger partial charge is 0.138 e. The largest absolute Gasteiger partial charge is 0.369 e. The first-order valence-electron chi connectivity index (χ1n) is 7.98. The fourth-order valence-electron chi connectivity index (χ4n) is 2.91. The summed E-state index contributed by atoms with van der Waals surface area (Å²) in [5.74, 6) is 0.852. The normalized spacial score (nSPS) is 11.8. The molecule has 0 saturated carbocycles. The maximum absolute atomic E-state index is 4.78. The number of nitrogens with zero attached hydrogens (tertiary/aromatic N) is 6. The van der Waals surface area contributed by atoms with Gasteiger partial charge in [-0.15, -0.1) is 0 Å². The van der Waals surface area contributed by atoms with Crippen molar-refractivity contribution in [3.05, 3.63) is 37.1 Å². The van der Waals surface area contributed by atoms with E-state index in [0.29, 0.717) is 0 Å². The van der Waals surface area contributed by atoms with Gasteiger partial charge in [-0.05, 0) is 39.2 Å². The van der Waals surface area contributed by atoms with E-state index in [9.17, 15) is 0 Å². The zero-order valence-electron chi connectivity index (χ0n) is 13.8. The van der Waals surface area contributed by atoms with Gasteiger partial charge < -0.3 is 10.2 Å². The van der Waals surface area contributed by atoms with Crippen molar-refractivity contribution in [2.24, 2.45) is 0 Å². The number of fused-ring (bicyclic) bond motifs is 5. The summed E-state index contributed by atoms with van der Waals surface area (Å²) in [7, 11) is 4.16. The van der Waals surface area contributed by atoms with Crippen molar-refractivity contribution in [2.45, 2.75) is 6.42 Å². The first-order chi connectivity index (χ1) is 11.7. The third-order valence-electron chi connectivity index (χ3n) is 4.04. The Kier molecular flexibility index (Phi) is 3.70. The summed E-state index contributed by atoms with van der Waals surface area (Å²) in [4.78, 5) is 15.3. The Morgan fingerprint density at radius 3 is 2.92 bits per heavy atom. The van der Waals surface area contributed by atoms with Crippen molar-refractivity contribution >= 4 is 33.1 Å². The Morgan fingerprint density at radius 1 is 1.17 bits per heavy atom. The van der Waals surface area contributed by atoms with E-state index in [2.05, 4.69) is 34.3 Å². The molecule has 0 aliphatic rings. The standard InChI is InChI=1S/C17H19N7/c1-23(2)9-3-6-20-17-15-14-5-8-19-11-24(14)22-16(15)12-4-7-18-10-13(12)21-17/h4-5,7-8,10-11H,3,6,9H2,1-2H3,(H,20,21). The monoisotopic (exact) mass is 321 g/mol. The van der Waals surface area contributed by atoms with Gasteiger partial charge in [-0.1, -0.05) is 0 Å². The van der Waals surface area contributed by atoms with Gasteiger partial charge in [0, 0.05) is 24.3 Å². The van der Waals surface area contributed by atoms with Crippen molar-refractivity contribution in [1.29, 1.82) is 0 Å². The number of aromatic nitrogens is 5. The SMILES string of the molecule is CN(C)CCCNc1nc2cnccc2c2nn3cnccc3c12. The molecule has 4 aromatic heterocycles. The van der Waals surface area contributed by atoms with Crippen LogP contribution >= 0.6 is 0 Å². The molecule has 0 aliphatic heterocycles. The van der Waals surface area contributed by atoms with Crippen LogP contribution in [0.3, 0.4) is 0 Å². The minimum atomic E-state index is 0.844. The van der Waals surface area contributed by atoms with Gasteiger partial charge in [0.2, 0.25) is 0 Å². The van der Waals surface area contributed by atoms with Gasteiger partial charge in [0.1, 0.15) is 17.7 Å². The molecular formula is C17H19N7.